The standard InChI is InChI=1S/C28H34FN7O2/c1-16-24(38-4)13-20(32-31-16)17-6-9-19(23(37)12-17)21-15-30-26(34-33-21)36(18-7-8-18)22-14-27(2)10-5-11-28(3,35-27)25(22)29/h6,9,12-13,15,18,22,25,35,37H,5,7-8,10-11,14H2,1-4H3/t22-,25-,27-,28+/m1/s1. The number of anilines is 1. The van der Waals surface area contributed by atoms with Crippen molar-refractivity contribution >= 4 is 5.95 Å². The molecule has 2 saturated heterocycles. The minimum atomic E-state index is -1.03. The van der Waals surface area contributed by atoms with E-state index >= 15 is 4.39 Å². The van der Waals surface area contributed by atoms with Crippen molar-refractivity contribution < 1.29 is 14.2 Å². The lowest BCUT2D eigenvalue weighted by Gasteiger charge is -2.57. The Morgan fingerprint density at radius 2 is 1.87 bits per heavy atom. The van der Waals surface area contributed by atoms with E-state index in [1.807, 2.05) is 19.9 Å². The number of phenolic OH excluding ortho intramolecular Hbond substituents is 1. The van der Waals surface area contributed by atoms with Gasteiger partial charge in [-0.2, -0.15) is 5.10 Å². The molecule has 2 bridgehead atoms. The second-order valence-corrected chi connectivity index (χ2v) is 11.5. The number of hydrogen-bond donors (Lipinski definition) is 2. The molecule has 6 rings (SSSR count). The molecule has 2 aromatic heterocycles. The fourth-order valence-electron chi connectivity index (χ4n) is 6.39. The van der Waals surface area contributed by atoms with E-state index in [-0.39, 0.29) is 23.4 Å². The van der Waals surface area contributed by atoms with E-state index in [1.54, 1.807) is 31.5 Å². The molecule has 0 amide bonds. The molecular weight excluding hydrogens is 485 g/mol. The van der Waals surface area contributed by atoms with Gasteiger partial charge < -0.3 is 20.1 Å². The molecule has 3 aromatic rings. The third-order valence-corrected chi connectivity index (χ3v) is 8.42. The van der Waals surface area contributed by atoms with E-state index < -0.39 is 11.7 Å². The predicted molar refractivity (Wildman–Crippen MR) is 142 cm³/mol. The normalized spacial score (nSPS) is 28.7. The van der Waals surface area contributed by atoms with Gasteiger partial charge in [0.05, 0.1) is 25.0 Å². The maximum Gasteiger partial charge on any atom is 0.245 e. The van der Waals surface area contributed by atoms with Gasteiger partial charge in [-0.05, 0) is 71.4 Å². The monoisotopic (exact) mass is 519 g/mol. The first-order valence-electron chi connectivity index (χ1n) is 13.3. The Morgan fingerprint density at radius 3 is 2.55 bits per heavy atom. The summed E-state index contributed by atoms with van der Waals surface area (Å²) < 4.78 is 21.4. The van der Waals surface area contributed by atoms with Crippen LogP contribution in [-0.2, 0) is 0 Å². The molecular formula is C28H34FN7O2. The summed E-state index contributed by atoms with van der Waals surface area (Å²) in [6.45, 7) is 6.04. The smallest absolute Gasteiger partial charge is 0.245 e. The SMILES string of the molecule is COc1cc(-c2ccc(-c3cnc(N(C4CC4)[C@@H]4C[C@@]5(C)CCC[C@](C)(N5)[C@@H]4F)nn3)c(O)c2)nnc1C. The van der Waals surface area contributed by atoms with Gasteiger partial charge in [0.1, 0.15) is 29.1 Å². The van der Waals surface area contributed by atoms with Crippen LogP contribution in [0.25, 0.3) is 22.5 Å². The number of halogens is 1. The first-order valence-corrected chi connectivity index (χ1v) is 13.3. The van der Waals surface area contributed by atoms with Crippen LogP contribution in [-0.4, -0.2) is 66.9 Å². The Hall–Kier alpha value is -3.40. The molecule has 0 radical (unpaired) electrons. The summed E-state index contributed by atoms with van der Waals surface area (Å²) in [5.74, 6) is 1.11. The average molecular weight is 520 g/mol. The highest BCUT2D eigenvalue weighted by Crippen LogP contribution is 2.46. The first-order chi connectivity index (χ1) is 18.2. The van der Waals surface area contributed by atoms with Crippen molar-refractivity contribution in [3.63, 3.8) is 0 Å². The van der Waals surface area contributed by atoms with Crippen LogP contribution in [0.2, 0.25) is 0 Å². The first kappa shape index (κ1) is 24.9. The minimum absolute atomic E-state index is 0.0302. The zero-order valence-corrected chi connectivity index (χ0v) is 22.3. The number of nitrogens with one attached hydrogen (secondary N) is 1. The van der Waals surface area contributed by atoms with Gasteiger partial charge in [0.25, 0.3) is 0 Å². The lowest BCUT2D eigenvalue weighted by atomic mass is 9.68. The number of aryl methyl sites for hydroxylation is 1. The van der Waals surface area contributed by atoms with Crippen LogP contribution < -0.4 is 15.0 Å². The van der Waals surface area contributed by atoms with Gasteiger partial charge in [0.2, 0.25) is 5.95 Å². The topological polar surface area (TPSA) is 109 Å². The predicted octanol–water partition coefficient (Wildman–Crippen LogP) is 4.39. The van der Waals surface area contributed by atoms with Crippen molar-refractivity contribution in [2.45, 2.75) is 88.6 Å². The maximum atomic E-state index is 16.0. The average Bonchev–Trinajstić information content (AvgIpc) is 3.73. The number of piperidine rings is 2. The molecule has 3 aliphatic rings. The Bertz CT molecular complexity index is 1350. The van der Waals surface area contributed by atoms with Gasteiger partial charge >= 0.3 is 0 Å². The summed E-state index contributed by atoms with van der Waals surface area (Å²) in [5.41, 5.74) is 2.28. The van der Waals surface area contributed by atoms with Crippen LogP contribution in [0.4, 0.5) is 10.3 Å². The highest BCUT2D eigenvalue weighted by atomic mass is 19.1. The molecule has 2 N–H and O–H groups in total. The molecule has 4 heterocycles. The summed E-state index contributed by atoms with van der Waals surface area (Å²) in [6.07, 6.45) is 6.20. The minimum Gasteiger partial charge on any atom is -0.507 e. The number of methoxy groups -OCH3 is 1. The number of ether oxygens (including phenoxy) is 1. The van der Waals surface area contributed by atoms with Crippen molar-refractivity contribution in [2.24, 2.45) is 0 Å². The van der Waals surface area contributed by atoms with Gasteiger partial charge in [0, 0.05) is 34.3 Å². The van der Waals surface area contributed by atoms with Gasteiger partial charge in [-0.1, -0.05) is 6.07 Å². The number of aromatic hydroxyl groups is 1. The molecule has 2 aliphatic heterocycles. The lowest BCUT2D eigenvalue weighted by molar-refractivity contribution is 0.0000874. The second kappa shape index (κ2) is 9.11. The van der Waals surface area contributed by atoms with Crippen LogP contribution in [0.5, 0.6) is 11.5 Å². The van der Waals surface area contributed by atoms with Crippen molar-refractivity contribution in [1.82, 2.24) is 30.7 Å². The lowest BCUT2D eigenvalue weighted by Crippen LogP contribution is -2.73. The van der Waals surface area contributed by atoms with E-state index in [9.17, 15) is 5.11 Å². The van der Waals surface area contributed by atoms with Crippen molar-refractivity contribution in [3.05, 3.63) is 36.2 Å². The van der Waals surface area contributed by atoms with Crippen molar-refractivity contribution in [2.75, 3.05) is 12.0 Å². The fourth-order valence-corrected chi connectivity index (χ4v) is 6.39. The van der Waals surface area contributed by atoms with Gasteiger partial charge in [0.15, 0.2) is 0 Å². The number of nitrogens with zero attached hydrogens (tertiary/aromatic N) is 6. The largest absolute Gasteiger partial charge is 0.507 e. The summed E-state index contributed by atoms with van der Waals surface area (Å²) in [7, 11) is 1.58. The summed E-state index contributed by atoms with van der Waals surface area (Å²) >= 11 is 0. The molecule has 9 nitrogen and oxygen atoms in total. The van der Waals surface area contributed by atoms with E-state index in [4.69, 9.17) is 4.74 Å². The van der Waals surface area contributed by atoms with Crippen molar-refractivity contribution in [1.29, 1.82) is 0 Å². The molecule has 1 saturated carbocycles. The highest BCUT2D eigenvalue weighted by Gasteiger charge is 2.56. The van der Waals surface area contributed by atoms with Gasteiger partial charge in [-0.3, -0.25) is 0 Å². The molecule has 4 atom stereocenters. The van der Waals surface area contributed by atoms with E-state index in [0.717, 1.165) is 32.1 Å². The number of rotatable bonds is 6. The summed E-state index contributed by atoms with van der Waals surface area (Å²) in [4.78, 5) is 6.71. The van der Waals surface area contributed by atoms with Crippen LogP contribution in [0.15, 0.2) is 30.5 Å². The zero-order chi connectivity index (χ0) is 26.7. The number of hydrogen-bond acceptors (Lipinski definition) is 9. The number of alkyl halides is 1. The molecule has 200 valence electrons. The number of benzene rings is 1. The number of aromatic nitrogens is 5. The summed E-state index contributed by atoms with van der Waals surface area (Å²) in [6, 6.07) is 6.93. The maximum absolute atomic E-state index is 16.0. The Kier molecular flexibility index (Phi) is 5.97. The van der Waals surface area contributed by atoms with Gasteiger partial charge in [-0.15, -0.1) is 15.3 Å². The van der Waals surface area contributed by atoms with E-state index in [1.165, 1.54) is 0 Å². The second-order valence-electron chi connectivity index (χ2n) is 11.5. The fraction of sp³-hybridized carbons (Fsp3) is 0.536. The summed E-state index contributed by atoms with van der Waals surface area (Å²) in [5, 5.41) is 31.6. The Labute approximate surface area is 221 Å². The van der Waals surface area contributed by atoms with Gasteiger partial charge in [-0.25, -0.2) is 9.37 Å². The third-order valence-electron chi connectivity index (χ3n) is 8.42. The number of fused-ring (bicyclic) bond motifs is 2. The Morgan fingerprint density at radius 1 is 1.08 bits per heavy atom. The Balaban J connectivity index is 1.27. The van der Waals surface area contributed by atoms with Crippen LogP contribution >= 0.6 is 0 Å². The molecule has 1 aliphatic carbocycles. The molecule has 3 fully saturated rings. The molecule has 10 heteroatoms. The molecule has 0 unspecified atom stereocenters. The van der Waals surface area contributed by atoms with E-state index in [0.29, 0.717) is 46.3 Å². The van der Waals surface area contributed by atoms with Crippen LogP contribution in [0.1, 0.15) is 58.1 Å². The van der Waals surface area contributed by atoms with Crippen LogP contribution in [0.3, 0.4) is 0 Å². The molecule has 0 spiro atoms. The zero-order valence-electron chi connectivity index (χ0n) is 22.3. The van der Waals surface area contributed by atoms with E-state index in [2.05, 4.69) is 42.5 Å². The molecule has 38 heavy (non-hydrogen) atoms. The molecule has 1 aromatic carbocycles. The highest BCUT2D eigenvalue weighted by molar-refractivity contribution is 5.73. The van der Waals surface area contributed by atoms with Crippen LogP contribution in [0, 0.1) is 6.92 Å². The number of phenols is 1. The third kappa shape index (κ3) is 4.34. The quantitative estimate of drug-likeness (QED) is 0.490. The van der Waals surface area contributed by atoms with Crippen molar-refractivity contribution in [3.8, 4) is 34.0 Å².